The van der Waals surface area contributed by atoms with Crippen molar-refractivity contribution in [2.45, 2.75) is 26.3 Å². The van der Waals surface area contributed by atoms with E-state index in [0.717, 1.165) is 41.8 Å². The molecule has 1 fully saturated rings. The van der Waals surface area contributed by atoms with Crippen LogP contribution in [0.1, 0.15) is 30.1 Å². The number of rotatable bonds is 4. The summed E-state index contributed by atoms with van der Waals surface area (Å²) in [6, 6.07) is 15.4. The Balaban J connectivity index is 1.56. The van der Waals surface area contributed by atoms with Crippen LogP contribution in [0.15, 0.2) is 54.7 Å². The zero-order valence-corrected chi connectivity index (χ0v) is 14.7. The summed E-state index contributed by atoms with van der Waals surface area (Å²) < 4.78 is 2.08. The highest BCUT2D eigenvalue weighted by molar-refractivity contribution is 6.13. The van der Waals surface area contributed by atoms with Crippen LogP contribution in [0.5, 0.6) is 0 Å². The number of nitrogens with zero attached hydrogens (tertiary/aromatic N) is 2. The number of carbonyl (C=O) groups excluding carboxylic acids is 2. The van der Waals surface area contributed by atoms with Crippen molar-refractivity contribution in [2.75, 3.05) is 16.8 Å². The molecule has 5 nitrogen and oxygen atoms in total. The Kier molecular flexibility index (Phi) is 4.21. The van der Waals surface area contributed by atoms with Crippen molar-refractivity contribution in [3.8, 4) is 0 Å². The topological polar surface area (TPSA) is 54.3 Å². The standard InChI is InChI=1S/C21H21N3O2/c1-2-23-14-18(17-6-3-4-7-19(17)23)21(26)22-15-9-11-16(12-10-15)24-13-5-8-20(24)25/h3-4,6-7,9-12,14H,2,5,8,13H2,1H3,(H,22,26). The van der Waals surface area contributed by atoms with Crippen molar-refractivity contribution in [3.63, 3.8) is 0 Å². The van der Waals surface area contributed by atoms with Crippen LogP contribution in [0.25, 0.3) is 10.9 Å². The van der Waals surface area contributed by atoms with Gasteiger partial charge in [0.15, 0.2) is 0 Å². The summed E-state index contributed by atoms with van der Waals surface area (Å²) in [5.41, 5.74) is 3.33. The highest BCUT2D eigenvalue weighted by atomic mass is 16.2. The molecule has 1 saturated heterocycles. The molecule has 1 N–H and O–H groups in total. The van der Waals surface area contributed by atoms with Gasteiger partial charge in [-0.15, -0.1) is 0 Å². The first-order valence-corrected chi connectivity index (χ1v) is 8.97. The Morgan fingerprint density at radius 1 is 1.12 bits per heavy atom. The molecule has 0 aliphatic carbocycles. The van der Waals surface area contributed by atoms with Gasteiger partial charge >= 0.3 is 0 Å². The fraction of sp³-hybridized carbons (Fsp3) is 0.238. The molecule has 132 valence electrons. The van der Waals surface area contributed by atoms with Crippen LogP contribution in [0, 0.1) is 0 Å². The number of amides is 2. The van der Waals surface area contributed by atoms with Crippen LogP contribution >= 0.6 is 0 Å². The SMILES string of the molecule is CCn1cc(C(=O)Nc2ccc(N3CCCC3=O)cc2)c2ccccc21. The molecule has 3 aromatic rings. The zero-order chi connectivity index (χ0) is 18.1. The van der Waals surface area contributed by atoms with Crippen LogP contribution in [-0.2, 0) is 11.3 Å². The number of carbonyl (C=O) groups is 2. The molecular formula is C21H21N3O2. The second-order valence-corrected chi connectivity index (χ2v) is 6.50. The Labute approximate surface area is 152 Å². The minimum absolute atomic E-state index is 0.126. The summed E-state index contributed by atoms with van der Waals surface area (Å²) >= 11 is 0. The number of aryl methyl sites for hydroxylation is 1. The van der Waals surface area contributed by atoms with Gasteiger partial charge in [-0.05, 0) is 43.7 Å². The van der Waals surface area contributed by atoms with E-state index in [1.807, 2.05) is 54.7 Å². The number of hydrogen-bond donors (Lipinski definition) is 1. The Hall–Kier alpha value is -3.08. The molecule has 1 aliphatic heterocycles. The molecule has 26 heavy (non-hydrogen) atoms. The fourth-order valence-electron chi connectivity index (χ4n) is 3.53. The Bertz CT molecular complexity index is 973. The molecule has 4 rings (SSSR count). The molecule has 0 spiro atoms. The zero-order valence-electron chi connectivity index (χ0n) is 14.7. The van der Waals surface area contributed by atoms with Crippen LogP contribution in [0.4, 0.5) is 11.4 Å². The molecular weight excluding hydrogens is 326 g/mol. The number of hydrogen-bond acceptors (Lipinski definition) is 2. The minimum atomic E-state index is -0.126. The van der Waals surface area contributed by atoms with Gasteiger partial charge in [0.2, 0.25) is 5.91 Å². The lowest BCUT2D eigenvalue weighted by molar-refractivity contribution is -0.117. The van der Waals surface area contributed by atoms with Gasteiger partial charge in [0, 0.05) is 48.0 Å². The average Bonchev–Trinajstić information content (AvgIpc) is 3.26. The molecule has 0 radical (unpaired) electrons. The Morgan fingerprint density at radius 2 is 1.88 bits per heavy atom. The van der Waals surface area contributed by atoms with Gasteiger partial charge in [0.25, 0.3) is 5.91 Å². The summed E-state index contributed by atoms with van der Waals surface area (Å²) in [5, 5.41) is 3.91. The average molecular weight is 347 g/mol. The summed E-state index contributed by atoms with van der Waals surface area (Å²) in [4.78, 5) is 26.4. The molecule has 2 amide bonds. The fourth-order valence-corrected chi connectivity index (χ4v) is 3.53. The highest BCUT2D eigenvalue weighted by Gasteiger charge is 2.21. The molecule has 2 heterocycles. The van der Waals surface area contributed by atoms with E-state index in [0.29, 0.717) is 12.0 Å². The predicted molar refractivity (Wildman–Crippen MR) is 104 cm³/mol. The van der Waals surface area contributed by atoms with E-state index in [9.17, 15) is 9.59 Å². The second-order valence-electron chi connectivity index (χ2n) is 6.50. The van der Waals surface area contributed by atoms with Crippen LogP contribution in [0.2, 0.25) is 0 Å². The number of fused-ring (bicyclic) bond motifs is 1. The Morgan fingerprint density at radius 3 is 2.58 bits per heavy atom. The third-order valence-electron chi connectivity index (χ3n) is 4.88. The van der Waals surface area contributed by atoms with Crippen molar-refractivity contribution < 1.29 is 9.59 Å². The van der Waals surface area contributed by atoms with E-state index in [4.69, 9.17) is 0 Å². The molecule has 0 saturated carbocycles. The number of para-hydroxylation sites is 1. The largest absolute Gasteiger partial charge is 0.347 e. The van der Waals surface area contributed by atoms with Crippen molar-refractivity contribution >= 4 is 34.1 Å². The highest BCUT2D eigenvalue weighted by Crippen LogP contribution is 2.25. The molecule has 5 heteroatoms. The summed E-state index contributed by atoms with van der Waals surface area (Å²) in [6.45, 7) is 3.64. The first-order chi connectivity index (χ1) is 12.7. The van der Waals surface area contributed by atoms with Gasteiger partial charge in [-0.2, -0.15) is 0 Å². The summed E-state index contributed by atoms with van der Waals surface area (Å²) in [5.74, 6) is 0.0348. The maximum absolute atomic E-state index is 12.8. The van der Waals surface area contributed by atoms with Gasteiger partial charge in [0.05, 0.1) is 5.56 Å². The molecule has 2 aromatic carbocycles. The molecule has 0 atom stereocenters. The molecule has 1 aliphatic rings. The molecule has 1 aromatic heterocycles. The van der Waals surface area contributed by atoms with E-state index in [2.05, 4.69) is 16.8 Å². The first-order valence-electron chi connectivity index (χ1n) is 8.97. The molecule has 0 unspecified atom stereocenters. The normalized spacial score (nSPS) is 14.2. The van der Waals surface area contributed by atoms with Gasteiger partial charge in [-0.3, -0.25) is 9.59 Å². The summed E-state index contributed by atoms with van der Waals surface area (Å²) in [7, 11) is 0. The van der Waals surface area contributed by atoms with Gasteiger partial charge in [-0.1, -0.05) is 18.2 Å². The lowest BCUT2D eigenvalue weighted by atomic mass is 10.1. The quantitative estimate of drug-likeness (QED) is 0.774. The van der Waals surface area contributed by atoms with Crippen LogP contribution in [0.3, 0.4) is 0 Å². The van der Waals surface area contributed by atoms with Gasteiger partial charge in [0.1, 0.15) is 0 Å². The van der Waals surface area contributed by atoms with E-state index in [1.54, 1.807) is 4.90 Å². The maximum Gasteiger partial charge on any atom is 0.257 e. The van der Waals surface area contributed by atoms with Crippen molar-refractivity contribution in [3.05, 3.63) is 60.3 Å². The monoisotopic (exact) mass is 347 g/mol. The second kappa shape index (κ2) is 6.67. The third-order valence-corrected chi connectivity index (χ3v) is 4.88. The predicted octanol–water partition coefficient (Wildman–Crippen LogP) is 4.04. The number of aromatic nitrogens is 1. The van der Waals surface area contributed by atoms with E-state index >= 15 is 0 Å². The van der Waals surface area contributed by atoms with Gasteiger partial charge < -0.3 is 14.8 Å². The van der Waals surface area contributed by atoms with Crippen LogP contribution < -0.4 is 10.2 Å². The van der Waals surface area contributed by atoms with E-state index < -0.39 is 0 Å². The first kappa shape index (κ1) is 16.4. The number of anilines is 2. The van der Waals surface area contributed by atoms with Crippen molar-refractivity contribution in [2.24, 2.45) is 0 Å². The van der Waals surface area contributed by atoms with E-state index in [-0.39, 0.29) is 11.8 Å². The molecule has 0 bridgehead atoms. The minimum Gasteiger partial charge on any atom is -0.347 e. The van der Waals surface area contributed by atoms with Crippen LogP contribution in [-0.4, -0.2) is 22.9 Å². The summed E-state index contributed by atoms with van der Waals surface area (Å²) in [6.07, 6.45) is 3.41. The van der Waals surface area contributed by atoms with Crippen molar-refractivity contribution in [1.82, 2.24) is 4.57 Å². The lowest BCUT2D eigenvalue weighted by Gasteiger charge is -2.16. The number of nitrogens with one attached hydrogen (secondary N) is 1. The van der Waals surface area contributed by atoms with Crippen molar-refractivity contribution in [1.29, 1.82) is 0 Å². The lowest BCUT2D eigenvalue weighted by Crippen LogP contribution is -2.23. The third kappa shape index (κ3) is 2.86. The van der Waals surface area contributed by atoms with E-state index in [1.165, 1.54) is 0 Å². The number of benzene rings is 2. The smallest absolute Gasteiger partial charge is 0.257 e. The van der Waals surface area contributed by atoms with Gasteiger partial charge in [-0.25, -0.2) is 0 Å². The maximum atomic E-state index is 12.8.